The van der Waals surface area contributed by atoms with Crippen LogP contribution < -0.4 is 5.32 Å². The Kier molecular flexibility index (Phi) is 9.45. The lowest BCUT2D eigenvalue weighted by Gasteiger charge is -2.35. The van der Waals surface area contributed by atoms with E-state index in [2.05, 4.69) is 20.0 Å². The standard InChI is InChI=1S/C15H26N6O4S.HI/c1-16-15(17-6-4-14(22)19(2)3)20-7-9-21(10-8-20)26(23,24)12-13-5-11-25-18-13;/h5,11H,4,6-10,12H2,1-3H3,(H,16,17);1H. The maximum Gasteiger partial charge on any atom is 0.223 e. The third kappa shape index (κ3) is 6.92. The summed E-state index contributed by atoms with van der Waals surface area (Å²) in [7, 11) is 1.68. The van der Waals surface area contributed by atoms with Crippen LogP contribution in [0.25, 0.3) is 0 Å². The molecule has 1 N–H and O–H groups in total. The third-order valence-corrected chi connectivity index (χ3v) is 5.90. The smallest absolute Gasteiger partial charge is 0.223 e. The van der Waals surface area contributed by atoms with Crippen LogP contribution in [0.3, 0.4) is 0 Å². The van der Waals surface area contributed by atoms with E-state index in [9.17, 15) is 13.2 Å². The number of hydrogen-bond acceptors (Lipinski definition) is 6. The van der Waals surface area contributed by atoms with Crippen LogP contribution in [0.5, 0.6) is 0 Å². The largest absolute Gasteiger partial charge is 0.364 e. The van der Waals surface area contributed by atoms with E-state index in [4.69, 9.17) is 0 Å². The van der Waals surface area contributed by atoms with Gasteiger partial charge in [-0.25, -0.2) is 8.42 Å². The van der Waals surface area contributed by atoms with Crippen molar-refractivity contribution in [1.82, 2.24) is 24.6 Å². The Labute approximate surface area is 177 Å². The quantitative estimate of drug-likeness (QED) is 0.318. The first-order chi connectivity index (χ1) is 12.3. The summed E-state index contributed by atoms with van der Waals surface area (Å²) in [4.78, 5) is 19.4. The fourth-order valence-corrected chi connectivity index (χ4v) is 4.03. The predicted octanol–water partition coefficient (Wildman–Crippen LogP) is -0.206. The summed E-state index contributed by atoms with van der Waals surface area (Å²) in [5.74, 6) is 0.546. The van der Waals surface area contributed by atoms with Gasteiger partial charge in [0.2, 0.25) is 15.9 Å². The number of carbonyl (C=O) groups excluding carboxylic acids is 1. The normalized spacial score (nSPS) is 16.0. The maximum absolute atomic E-state index is 12.4. The molecule has 154 valence electrons. The fourth-order valence-electron chi connectivity index (χ4n) is 2.61. The zero-order valence-electron chi connectivity index (χ0n) is 15.8. The van der Waals surface area contributed by atoms with E-state index in [0.29, 0.717) is 50.8 Å². The van der Waals surface area contributed by atoms with Gasteiger partial charge in [0.1, 0.15) is 12.0 Å². The highest BCUT2D eigenvalue weighted by atomic mass is 127. The van der Waals surface area contributed by atoms with Gasteiger partial charge < -0.3 is 19.6 Å². The molecule has 0 saturated carbocycles. The predicted molar refractivity (Wildman–Crippen MR) is 112 cm³/mol. The number of halogens is 1. The van der Waals surface area contributed by atoms with Gasteiger partial charge in [0, 0.05) is 66.4 Å². The monoisotopic (exact) mass is 514 g/mol. The molecule has 12 heteroatoms. The average Bonchev–Trinajstić information content (AvgIpc) is 3.11. The molecule has 1 aromatic heterocycles. The molecule has 0 radical (unpaired) electrons. The average molecular weight is 514 g/mol. The number of piperazine rings is 1. The number of rotatable bonds is 6. The van der Waals surface area contributed by atoms with Gasteiger partial charge in [-0.3, -0.25) is 9.79 Å². The highest BCUT2D eigenvalue weighted by molar-refractivity contribution is 14.0. The fraction of sp³-hybridized carbons (Fsp3) is 0.667. The lowest BCUT2D eigenvalue weighted by Crippen LogP contribution is -2.54. The van der Waals surface area contributed by atoms with E-state index in [1.54, 1.807) is 32.1 Å². The van der Waals surface area contributed by atoms with Crippen molar-refractivity contribution in [2.45, 2.75) is 12.2 Å². The molecule has 0 atom stereocenters. The molecular formula is C15H27IN6O4S. The van der Waals surface area contributed by atoms with Crippen LogP contribution in [-0.4, -0.2) is 93.4 Å². The number of amides is 1. The van der Waals surface area contributed by atoms with Gasteiger partial charge in [-0.15, -0.1) is 24.0 Å². The summed E-state index contributed by atoms with van der Waals surface area (Å²) in [5, 5.41) is 6.81. The SMILES string of the molecule is CN=C(NCCC(=O)N(C)C)N1CCN(S(=O)(=O)Cc2ccon2)CC1.I. The van der Waals surface area contributed by atoms with Gasteiger partial charge in [0.05, 0.1) is 5.69 Å². The Hall–Kier alpha value is -1.41. The molecule has 1 amide bonds. The highest BCUT2D eigenvalue weighted by Gasteiger charge is 2.28. The number of hydrogen-bond donors (Lipinski definition) is 1. The van der Waals surface area contributed by atoms with Gasteiger partial charge in [0.15, 0.2) is 5.96 Å². The Bertz CT molecular complexity index is 715. The number of sulfonamides is 1. The molecule has 1 aliphatic heterocycles. The molecule has 10 nitrogen and oxygen atoms in total. The zero-order chi connectivity index (χ0) is 19.2. The molecule has 1 aromatic rings. The maximum atomic E-state index is 12.4. The number of aliphatic imine (C=N–C) groups is 1. The van der Waals surface area contributed by atoms with Crippen molar-refractivity contribution in [3.63, 3.8) is 0 Å². The summed E-state index contributed by atoms with van der Waals surface area (Å²) < 4.78 is 31.0. The van der Waals surface area contributed by atoms with Gasteiger partial charge in [-0.2, -0.15) is 4.31 Å². The molecule has 1 saturated heterocycles. The Morgan fingerprint density at radius 3 is 2.52 bits per heavy atom. The zero-order valence-corrected chi connectivity index (χ0v) is 18.9. The van der Waals surface area contributed by atoms with E-state index in [-0.39, 0.29) is 35.6 Å². The minimum absolute atomic E-state index is 0. The van der Waals surface area contributed by atoms with Gasteiger partial charge >= 0.3 is 0 Å². The second kappa shape index (κ2) is 10.8. The lowest BCUT2D eigenvalue weighted by atomic mass is 10.3. The van der Waals surface area contributed by atoms with Gasteiger partial charge in [-0.1, -0.05) is 5.16 Å². The summed E-state index contributed by atoms with van der Waals surface area (Å²) in [6.07, 6.45) is 1.73. The lowest BCUT2D eigenvalue weighted by molar-refractivity contribution is -0.128. The number of aromatic nitrogens is 1. The summed E-state index contributed by atoms with van der Waals surface area (Å²) in [5.41, 5.74) is 0.399. The molecule has 1 aliphatic rings. The molecular weight excluding hydrogens is 487 g/mol. The van der Waals surface area contributed by atoms with Crippen LogP contribution in [0.1, 0.15) is 12.1 Å². The minimum Gasteiger partial charge on any atom is -0.364 e. The second-order valence-corrected chi connectivity index (χ2v) is 8.11. The van der Waals surface area contributed by atoms with E-state index in [1.807, 2.05) is 4.90 Å². The molecule has 0 aliphatic carbocycles. The van der Waals surface area contributed by atoms with Crippen molar-refractivity contribution in [1.29, 1.82) is 0 Å². The van der Waals surface area contributed by atoms with E-state index in [0.717, 1.165) is 0 Å². The highest BCUT2D eigenvalue weighted by Crippen LogP contribution is 2.12. The number of guanidine groups is 1. The second-order valence-electron chi connectivity index (χ2n) is 6.15. The molecule has 2 rings (SSSR count). The van der Waals surface area contributed by atoms with E-state index >= 15 is 0 Å². The van der Waals surface area contributed by atoms with Crippen molar-refractivity contribution in [2.75, 3.05) is 53.9 Å². The Balaban J connectivity index is 0.00000364. The first-order valence-electron chi connectivity index (χ1n) is 8.36. The van der Waals surface area contributed by atoms with Crippen molar-refractivity contribution in [3.05, 3.63) is 18.0 Å². The third-order valence-electron chi connectivity index (χ3n) is 4.09. The summed E-state index contributed by atoms with van der Waals surface area (Å²) in [6, 6.07) is 1.55. The Morgan fingerprint density at radius 2 is 2.00 bits per heavy atom. The molecule has 0 unspecified atom stereocenters. The van der Waals surface area contributed by atoms with Crippen LogP contribution in [0, 0.1) is 0 Å². The molecule has 0 bridgehead atoms. The van der Waals surface area contributed by atoms with Crippen molar-refractivity contribution < 1.29 is 17.7 Å². The van der Waals surface area contributed by atoms with Crippen LogP contribution in [0.4, 0.5) is 0 Å². The van der Waals surface area contributed by atoms with Crippen molar-refractivity contribution in [3.8, 4) is 0 Å². The summed E-state index contributed by atoms with van der Waals surface area (Å²) >= 11 is 0. The number of carbonyl (C=O) groups is 1. The number of nitrogens with one attached hydrogen (secondary N) is 1. The molecule has 2 heterocycles. The molecule has 0 aromatic carbocycles. The molecule has 27 heavy (non-hydrogen) atoms. The topological polar surface area (TPSA) is 111 Å². The first kappa shape index (κ1) is 23.6. The van der Waals surface area contributed by atoms with Gasteiger partial charge in [-0.05, 0) is 0 Å². The van der Waals surface area contributed by atoms with Crippen LogP contribution in [0.15, 0.2) is 21.8 Å². The van der Waals surface area contributed by atoms with Crippen LogP contribution in [0.2, 0.25) is 0 Å². The summed E-state index contributed by atoms with van der Waals surface area (Å²) in [6.45, 7) is 2.28. The van der Waals surface area contributed by atoms with E-state index < -0.39 is 10.0 Å². The van der Waals surface area contributed by atoms with Crippen LogP contribution in [-0.2, 0) is 20.6 Å². The molecule has 0 spiro atoms. The van der Waals surface area contributed by atoms with Crippen LogP contribution >= 0.6 is 24.0 Å². The van der Waals surface area contributed by atoms with E-state index in [1.165, 1.54) is 10.6 Å². The Morgan fingerprint density at radius 1 is 1.33 bits per heavy atom. The number of nitrogens with zero attached hydrogens (tertiary/aromatic N) is 5. The van der Waals surface area contributed by atoms with Crippen molar-refractivity contribution >= 4 is 45.9 Å². The minimum atomic E-state index is -3.43. The first-order valence-corrected chi connectivity index (χ1v) is 9.97. The van der Waals surface area contributed by atoms with Crippen molar-refractivity contribution in [2.24, 2.45) is 4.99 Å². The van der Waals surface area contributed by atoms with Gasteiger partial charge in [0.25, 0.3) is 0 Å². The molecule has 1 fully saturated rings.